The predicted molar refractivity (Wildman–Crippen MR) is 83.2 cm³/mol. The van der Waals surface area contributed by atoms with Crippen molar-refractivity contribution in [2.75, 3.05) is 5.32 Å². The van der Waals surface area contributed by atoms with Gasteiger partial charge in [-0.3, -0.25) is 14.4 Å². The van der Waals surface area contributed by atoms with Gasteiger partial charge >= 0.3 is 0 Å². The van der Waals surface area contributed by atoms with Crippen LogP contribution in [-0.4, -0.2) is 17.5 Å². The molecular weight excluding hydrogens is 278 g/mol. The summed E-state index contributed by atoms with van der Waals surface area (Å²) < 4.78 is 0. The number of fused-ring (bicyclic) bond motifs is 2. The third-order valence-electron chi connectivity index (χ3n) is 3.59. The molecule has 4 nitrogen and oxygen atoms in total. The summed E-state index contributed by atoms with van der Waals surface area (Å²) in [5, 5.41) is 2.64. The molecule has 1 N–H and O–H groups in total. The Morgan fingerprint density at radius 3 is 2.14 bits per heavy atom. The number of nitrogens with one attached hydrogen (secondary N) is 1. The Labute approximate surface area is 127 Å². The fourth-order valence-electron chi connectivity index (χ4n) is 2.48. The van der Waals surface area contributed by atoms with Crippen molar-refractivity contribution in [2.24, 2.45) is 0 Å². The summed E-state index contributed by atoms with van der Waals surface area (Å²) in [5.74, 6) is -0.855. The summed E-state index contributed by atoms with van der Waals surface area (Å²) in [6.45, 7) is 5.15. The molecule has 2 aromatic rings. The number of anilines is 1. The molecule has 0 radical (unpaired) electrons. The van der Waals surface area contributed by atoms with Gasteiger partial charge in [-0.15, -0.1) is 0 Å². The zero-order chi connectivity index (χ0) is 15.9. The van der Waals surface area contributed by atoms with Crippen molar-refractivity contribution in [1.29, 1.82) is 0 Å². The number of carbonyl (C=O) groups excluding carboxylic acids is 3. The van der Waals surface area contributed by atoms with Crippen LogP contribution >= 0.6 is 0 Å². The van der Waals surface area contributed by atoms with E-state index in [1.54, 1.807) is 49.4 Å². The molecule has 22 heavy (non-hydrogen) atoms. The highest BCUT2D eigenvalue weighted by Crippen LogP contribution is 2.31. The number of hydrogen-bond acceptors (Lipinski definition) is 3. The van der Waals surface area contributed by atoms with Crippen LogP contribution < -0.4 is 5.32 Å². The maximum absolute atomic E-state index is 12.7. The topological polar surface area (TPSA) is 63.2 Å². The first-order valence-electron chi connectivity index (χ1n) is 6.79. The van der Waals surface area contributed by atoms with E-state index in [4.69, 9.17) is 0 Å². The Morgan fingerprint density at radius 2 is 1.50 bits per heavy atom. The van der Waals surface area contributed by atoms with E-state index in [1.165, 1.54) is 0 Å². The fourth-order valence-corrected chi connectivity index (χ4v) is 2.48. The molecule has 108 valence electrons. The summed E-state index contributed by atoms with van der Waals surface area (Å²) in [5.41, 5.74) is 1.95. The fraction of sp³-hybridized carbons (Fsp3) is 0.0556. The third-order valence-corrected chi connectivity index (χ3v) is 3.59. The Balaban J connectivity index is 2.17. The Hall–Kier alpha value is -3.01. The molecule has 0 aromatic heterocycles. The molecule has 0 aliphatic heterocycles. The van der Waals surface area contributed by atoms with Crippen molar-refractivity contribution in [2.45, 2.75) is 6.92 Å². The molecule has 1 aliphatic rings. The van der Waals surface area contributed by atoms with Gasteiger partial charge in [0.25, 0.3) is 5.91 Å². The van der Waals surface area contributed by atoms with Crippen LogP contribution in [0.2, 0.25) is 0 Å². The van der Waals surface area contributed by atoms with Crippen LogP contribution in [0.1, 0.15) is 38.8 Å². The standard InChI is InChI=1S/C18H13NO3/c1-10(2)18(22)19-14-9-5-8-13-15(14)17(21)12-7-4-3-6-11(12)16(13)20/h3-9H,1H2,2H3,(H,19,22). The average molecular weight is 291 g/mol. The smallest absolute Gasteiger partial charge is 0.250 e. The molecule has 2 aromatic carbocycles. The van der Waals surface area contributed by atoms with Gasteiger partial charge in [0.2, 0.25) is 0 Å². The summed E-state index contributed by atoms with van der Waals surface area (Å²) >= 11 is 0. The first-order chi connectivity index (χ1) is 10.5. The molecule has 3 rings (SSSR count). The van der Waals surface area contributed by atoms with Gasteiger partial charge in [-0.25, -0.2) is 0 Å². The van der Waals surface area contributed by atoms with Crippen molar-refractivity contribution < 1.29 is 14.4 Å². The monoisotopic (exact) mass is 291 g/mol. The molecule has 0 bridgehead atoms. The number of rotatable bonds is 2. The van der Waals surface area contributed by atoms with E-state index in [9.17, 15) is 14.4 Å². The van der Waals surface area contributed by atoms with Gasteiger partial charge in [0.1, 0.15) is 0 Å². The molecule has 0 heterocycles. The molecule has 0 saturated carbocycles. The molecular formula is C18H13NO3. The lowest BCUT2D eigenvalue weighted by atomic mass is 9.83. The van der Waals surface area contributed by atoms with Crippen molar-refractivity contribution in [3.63, 3.8) is 0 Å². The molecule has 0 spiro atoms. The van der Waals surface area contributed by atoms with Crippen LogP contribution in [0, 0.1) is 0 Å². The second-order valence-corrected chi connectivity index (χ2v) is 5.17. The lowest BCUT2D eigenvalue weighted by Crippen LogP contribution is -2.24. The minimum atomic E-state index is -0.382. The zero-order valence-corrected chi connectivity index (χ0v) is 12.0. The van der Waals surface area contributed by atoms with Crippen molar-refractivity contribution >= 4 is 23.2 Å². The maximum atomic E-state index is 12.7. The van der Waals surface area contributed by atoms with E-state index >= 15 is 0 Å². The van der Waals surface area contributed by atoms with Gasteiger partial charge in [0.15, 0.2) is 11.6 Å². The van der Waals surface area contributed by atoms with E-state index in [0.29, 0.717) is 28.0 Å². The van der Waals surface area contributed by atoms with Crippen molar-refractivity contribution in [1.82, 2.24) is 0 Å². The minimum absolute atomic E-state index is 0.211. The molecule has 1 amide bonds. The highest BCUT2D eigenvalue weighted by Gasteiger charge is 2.31. The van der Waals surface area contributed by atoms with E-state index in [0.717, 1.165) is 0 Å². The largest absolute Gasteiger partial charge is 0.322 e. The number of ketones is 2. The highest BCUT2D eigenvalue weighted by molar-refractivity contribution is 6.30. The van der Waals surface area contributed by atoms with Gasteiger partial charge in [-0.05, 0) is 13.0 Å². The minimum Gasteiger partial charge on any atom is -0.322 e. The zero-order valence-electron chi connectivity index (χ0n) is 12.0. The van der Waals surface area contributed by atoms with Gasteiger partial charge < -0.3 is 5.32 Å². The van der Waals surface area contributed by atoms with Crippen LogP contribution in [-0.2, 0) is 4.79 Å². The normalized spacial score (nSPS) is 12.4. The molecule has 0 saturated heterocycles. The van der Waals surface area contributed by atoms with E-state index in [1.807, 2.05) is 0 Å². The van der Waals surface area contributed by atoms with Crippen LogP contribution in [0.25, 0.3) is 0 Å². The average Bonchev–Trinajstić information content (AvgIpc) is 2.52. The molecule has 4 heteroatoms. The molecule has 0 fully saturated rings. The van der Waals surface area contributed by atoms with Gasteiger partial charge in [-0.1, -0.05) is 43.0 Å². The molecule has 0 atom stereocenters. The Bertz CT molecular complexity index is 849. The van der Waals surface area contributed by atoms with Gasteiger partial charge in [-0.2, -0.15) is 0 Å². The van der Waals surface area contributed by atoms with Crippen molar-refractivity contribution in [3.8, 4) is 0 Å². The summed E-state index contributed by atoms with van der Waals surface area (Å²) in [6, 6.07) is 11.5. The predicted octanol–water partition coefficient (Wildman–Crippen LogP) is 2.98. The maximum Gasteiger partial charge on any atom is 0.250 e. The quantitative estimate of drug-likeness (QED) is 0.738. The number of benzene rings is 2. The lowest BCUT2D eigenvalue weighted by molar-refractivity contribution is -0.112. The number of carbonyl (C=O) groups is 3. The van der Waals surface area contributed by atoms with Crippen LogP contribution in [0.15, 0.2) is 54.6 Å². The van der Waals surface area contributed by atoms with Gasteiger partial charge in [0, 0.05) is 22.3 Å². The summed E-state index contributed by atoms with van der Waals surface area (Å²) in [4.78, 5) is 37.1. The van der Waals surface area contributed by atoms with E-state index in [-0.39, 0.29) is 23.0 Å². The summed E-state index contributed by atoms with van der Waals surface area (Å²) in [7, 11) is 0. The molecule has 0 unspecified atom stereocenters. The van der Waals surface area contributed by atoms with Gasteiger partial charge in [0.05, 0.1) is 11.3 Å². The molecule has 1 aliphatic carbocycles. The van der Waals surface area contributed by atoms with E-state index < -0.39 is 0 Å². The van der Waals surface area contributed by atoms with Crippen molar-refractivity contribution in [3.05, 3.63) is 76.9 Å². The second kappa shape index (κ2) is 5.07. The van der Waals surface area contributed by atoms with Crippen LogP contribution in [0.4, 0.5) is 5.69 Å². The number of amides is 1. The highest BCUT2D eigenvalue weighted by atomic mass is 16.2. The lowest BCUT2D eigenvalue weighted by Gasteiger charge is -2.20. The Kier molecular flexibility index (Phi) is 3.22. The first kappa shape index (κ1) is 13.9. The first-order valence-corrected chi connectivity index (χ1v) is 6.79. The third kappa shape index (κ3) is 2.05. The second-order valence-electron chi connectivity index (χ2n) is 5.17. The number of hydrogen-bond donors (Lipinski definition) is 1. The van der Waals surface area contributed by atoms with Crippen LogP contribution in [0.5, 0.6) is 0 Å². The Morgan fingerprint density at radius 1 is 0.909 bits per heavy atom. The van der Waals surface area contributed by atoms with E-state index in [2.05, 4.69) is 11.9 Å². The summed E-state index contributed by atoms with van der Waals surface area (Å²) in [6.07, 6.45) is 0. The van der Waals surface area contributed by atoms with Crippen LogP contribution in [0.3, 0.4) is 0 Å². The SMILES string of the molecule is C=C(C)C(=O)Nc1cccc2c1C(=O)c1ccccc1C2=O.